The van der Waals surface area contributed by atoms with Crippen LogP contribution in [0, 0.1) is 11.3 Å². The molecule has 3 nitrogen and oxygen atoms in total. The van der Waals surface area contributed by atoms with E-state index >= 15 is 0 Å². The Kier molecular flexibility index (Phi) is 3.80. The van der Waals surface area contributed by atoms with Crippen LogP contribution in [0.15, 0.2) is 0 Å². The van der Waals surface area contributed by atoms with Crippen molar-refractivity contribution in [3.8, 4) is 6.07 Å². The molecule has 1 N–H and O–H groups in total. The molecule has 12 heavy (non-hydrogen) atoms. The summed E-state index contributed by atoms with van der Waals surface area (Å²) in [5.41, 5.74) is 0. The number of alkyl halides is 1. The van der Waals surface area contributed by atoms with Gasteiger partial charge in [-0.15, -0.1) is 11.6 Å². The largest absolute Gasteiger partial charge is 0.393 e. The molecular weight excluding hydrogens is 176 g/mol. The molecular formula is C8H13ClN2O. The van der Waals surface area contributed by atoms with E-state index in [2.05, 4.69) is 4.90 Å². The van der Waals surface area contributed by atoms with Crippen LogP contribution in [0.1, 0.15) is 12.8 Å². The maximum Gasteiger partial charge on any atom is 0.133 e. The number of nitrogens with zero attached hydrogens (tertiary/aromatic N) is 2. The van der Waals surface area contributed by atoms with Crippen LogP contribution in [0.25, 0.3) is 0 Å². The summed E-state index contributed by atoms with van der Waals surface area (Å²) in [5, 5.41) is 17.2. The average Bonchev–Trinajstić information content (AvgIpc) is 2.09. The minimum Gasteiger partial charge on any atom is -0.393 e. The first kappa shape index (κ1) is 9.79. The lowest BCUT2D eigenvalue weighted by molar-refractivity contribution is 0.0840. The van der Waals surface area contributed by atoms with Crippen LogP contribution in [0.3, 0.4) is 0 Å². The third-order valence-corrected chi connectivity index (χ3v) is 2.35. The Morgan fingerprint density at radius 3 is 2.67 bits per heavy atom. The van der Waals surface area contributed by atoms with E-state index in [1.807, 2.05) is 6.07 Å². The van der Waals surface area contributed by atoms with E-state index in [1.54, 1.807) is 0 Å². The molecule has 0 aromatic rings. The highest BCUT2D eigenvalue weighted by Crippen LogP contribution is 2.11. The first-order valence-electron chi connectivity index (χ1n) is 4.16. The number of aliphatic hydroxyl groups excluding tert-OH is 1. The Morgan fingerprint density at radius 2 is 2.17 bits per heavy atom. The number of aliphatic hydroxyl groups is 1. The molecule has 1 atom stereocenters. The van der Waals surface area contributed by atoms with Crippen LogP contribution in [0.5, 0.6) is 0 Å². The van der Waals surface area contributed by atoms with E-state index in [-0.39, 0.29) is 6.10 Å². The molecule has 1 aliphatic rings. The molecule has 0 bridgehead atoms. The van der Waals surface area contributed by atoms with Gasteiger partial charge in [0.05, 0.1) is 12.2 Å². The van der Waals surface area contributed by atoms with Crippen LogP contribution in [-0.4, -0.2) is 41.1 Å². The van der Waals surface area contributed by atoms with Crippen LogP contribution < -0.4 is 0 Å². The van der Waals surface area contributed by atoms with Gasteiger partial charge in [-0.3, -0.25) is 0 Å². The predicted octanol–water partition coefficient (Wildman–Crippen LogP) is 0.574. The Labute approximate surface area is 77.5 Å². The van der Waals surface area contributed by atoms with Gasteiger partial charge >= 0.3 is 0 Å². The van der Waals surface area contributed by atoms with Crippen molar-refractivity contribution >= 4 is 11.6 Å². The maximum absolute atomic E-state index is 9.19. The summed E-state index contributed by atoms with van der Waals surface area (Å²) in [6.45, 7) is 2.32. The quantitative estimate of drug-likeness (QED) is 0.645. The summed E-state index contributed by atoms with van der Waals surface area (Å²) in [5.74, 6) is 0. The summed E-state index contributed by atoms with van der Waals surface area (Å²) >= 11 is 5.67. The van der Waals surface area contributed by atoms with E-state index in [1.165, 1.54) is 0 Å². The van der Waals surface area contributed by atoms with E-state index in [9.17, 15) is 5.11 Å². The Balaban J connectivity index is 2.22. The molecule has 0 radical (unpaired) electrons. The predicted molar refractivity (Wildman–Crippen MR) is 46.9 cm³/mol. The Morgan fingerprint density at radius 1 is 1.58 bits per heavy atom. The summed E-state index contributed by atoms with van der Waals surface area (Å²) < 4.78 is 0. The van der Waals surface area contributed by atoms with Crippen molar-refractivity contribution in [2.45, 2.75) is 24.3 Å². The number of halogens is 1. The normalized spacial score (nSPS) is 23.4. The zero-order valence-electron chi connectivity index (χ0n) is 6.91. The first-order valence-corrected chi connectivity index (χ1v) is 4.60. The molecule has 0 saturated carbocycles. The zero-order chi connectivity index (χ0) is 8.97. The van der Waals surface area contributed by atoms with Crippen LogP contribution in [-0.2, 0) is 0 Å². The Hall–Kier alpha value is -0.300. The maximum atomic E-state index is 9.19. The third-order valence-electron chi connectivity index (χ3n) is 2.12. The molecule has 0 aromatic heterocycles. The molecule has 1 unspecified atom stereocenters. The van der Waals surface area contributed by atoms with Crippen LogP contribution in [0.4, 0.5) is 0 Å². The number of hydrogen-bond donors (Lipinski definition) is 1. The van der Waals surface area contributed by atoms with Gasteiger partial charge in [0.25, 0.3) is 0 Å². The second-order valence-corrected chi connectivity index (χ2v) is 3.66. The summed E-state index contributed by atoms with van der Waals surface area (Å²) in [6.07, 6.45) is 1.45. The number of likely N-dealkylation sites (tertiary alicyclic amines) is 1. The zero-order valence-corrected chi connectivity index (χ0v) is 7.67. The minimum absolute atomic E-state index is 0.155. The number of rotatable bonds is 2. The fourth-order valence-corrected chi connectivity index (χ4v) is 1.56. The summed E-state index contributed by atoms with van der Waals surface area (Å²) in [7, 11) is 0. The van der Waals surface area contributed by atoms with Crippen molar-refractivity contribution in [3.63, 3.8) is 0 Å². The van der Waals surface area contributed by atoms with Gasteiger partial charge in [0.2, 0.25) is 0 Å². The van der Waals surface area contributed by atoms with Crippen LogP contribution in [0.2, 0.25) is 0 Å². The smallest absolute Gasteiger partial charge is 0.133 e. The molecule has 1 heterocycles. The summed E-state index contributed by atoms with van der Waals surface area (Å²) in [4.78, 5) is 2.12. The lowest BCUT2D eigenvalue weighted by atomic mass is 10.1. The second kappa shape index (κ2) is 4.66. The van der Waals surface area contributed by atoms with E-state index in [0.29, 0.717) is 6.54 Å². The molecule has 0 amide bonds. The molecule has 4 heteroatoms. The van der Waals surface area contributed by atoms with Gasteiger partial charge in [0.15, 0.2) is 0 Å². The number of hydrogen-bond acceptors (Lipinski definition) is 3. The number of piperidine rings is 1. The van der Waals surface area contributed by atoms with E-state index < -0.39 is 5.38 Å². The monoisotopic (exact) mass is 188 g/mol. The first-order chi connectivity index (χ1) is 5.72. The van der Waals surface area contributed by atoms with Crippen molar-refractivity contribution in [2.24, 2.45) is 0 Å². The van der Waals surface area contributed by atoms with E-state index in [4.69, 9.17) is 16.9 Å². The SMILES string of the molecule is N#CC(Cl)CN1CCC(O)CC1. The highest BCUT2D eigenvalue weighted by molar-refractivity contribution is 6.22. The third kappa shape index (κ3) is 2.98. The van der Waals surface area contributed by atoms with Gasteiger partial charge in [-0.05, 0) is 12.8 Å². The standard InChI is InChI=1S/C8H13ClN2O/c9-7(5-10)6-11-3-1-8(12)2-4-11/h7-8,12H,1-4,6H2. The van der Waals surface area contributed by atoms with Gasteiger partial charge in [0, 0.05) is 19.6 Å². The molecule has 1 saturated heterocycles. The highest BCUT2D eigenvalue weighted by Gasteiger charge is 2.18. The number of nitriles is 1. The molecule has 68 valence electrons. The lowest BCUT2D eigenvalue weighted by Crippen LogP contribution is -2.38. The van der Waals surface area contributed by atoms with Gasteiger partial charge in [-0.2, -0.15) is 5.26 Å². The van der Waals surface area contributed by atoms with Gasteiger partial charge < -0.3 is 10.0 Å². The highest BCUT2D eigenvalue weighted by atomic mass is 35.5. The lowest BCUT2D eigenvalue weighted by Gasteiger charge is -2.29. The Bertz CT molecular complexity index is 172. The topological polar surface area (TPSA) is 47.3 Å². The van der Waals surface area contributed by atoms with Crippen molar-refractivity contribution in [1.82, 2.24) is 4.90 Å². The van der Waals surface area contributed by atoms with Crippen molar-refractivity contribution in [1.29, 1.82) is 5.26 Å². The minimum atomic E-state index is -0.416. The van der Waals surface area contributed by atoms with Gasteiger partial charge in [0.1, 0.15) is 5.38 Å². The fraction of sp³-hybridized carbons (Fsp3) is 0.875. The average molecular weight is 189 g/mol. The summed E-state index contributed by atoms with van der Waals surface area (Å²) in [6, 6.07) is 1.98. The molecule has 1 rings (SSSR count). The molecule has 1 fully saturated rings. The molecule has 0 aromatic carbocycles. The molecule has 0 spiro atoms. The molecule has 0 aliphatic carbocycles. The second-order valence-electron chi connectivity index (χ2n) is 3.13. The fourth-order valence-electron chi connectivity index (χ4n) is 1.37. The van der Waals surface area contributed by atoms with Crippen LogP contribution >= 0.6 is 11.6 Å². The van der Waals surface area contributed by atoms with Crippen molar-refractivity contribution < 1.29 is 5.11 Å². The molecule has 1 aliphatic heterocycles. The van der Waals surface area contributed by atoms with E-state index in [0.717, 1.165) is 25.9 Å². The van der Waals surface area contributed by atoms with Crippen molar-refractivity contribution in [2.75, 3.05) is 19.6 Å². The van der Waals surface area contributed by atoms with Gasteiger partial charge in [-0.25, -0.2) is 0 Å². The van der Waals surface area contributed by atoms with Gasteiger partial charge in [-0.1, -0.05) is 0 Å². The van der Waals surface area contributed by atoms with Crippen molar-refractivity contribution in [3.05, 3.63) is 0 Å².